The number of hydrogen-bond acceptors (Lipinski definition) is 3. The molecule has 0 bridgehead atoms. The Labute approximate surface area is 95.6 Å². The predicted octanol–water partition coefficient (Wildman–Crippen LogP) is 2.48. The van der Waals surface area contributed by atoms with Crippen LogP contribution in [0.5, 0.6) is 5.75 Å². The van der Waals surface area contributed by atoms with Crippen LogP contribution in [0.2, 0.25) is 0 Å². The number of ether oxygens (including phenoxy) is 2. The van der Waals surface area contributed by atoms with E-state index in [4.69, 9.17) is 9.47 Å². The van der Waals surface area contributed by atoms with Crippen LogP contribution in [0.4, 0.5) is 4.39 Å². The lowest BCUT2D eigenvalue weighted by Crippen LogP contribution is -2.19. The van der Waals surface area contributed by atoms with Gasteiger partial charge >= 0.3 is 0 Å². The molecule has 16 heavy (non-hydrogen) atoms. The molecule has 0 saturated heterocycles. The molecule has 0 amide bonds. The van der Waals surface area contributed by atoms with Gasteiger partial charge in [0.15, 0.2) is 6.79 Å². The lowest BCUT2D eigenvalue weighted by molar-refractivity contribution is 0.0500. The third-order valence-electron chi connectivity index (χ3n) is 2.28. The van der Waals surface area contributed by atoms with Crippen molar-refractivity contribution in [2.24, 2.45) is 0 Å². The molecule has 0 aliphatic carbocycles. The van der Waals surface area contributed by atoms with E-state index >= 15 is 0 Å². The maximum atomic E-state index is 13.2. The Morgan fingerprint density at radius 1 is 1.44 bits per heavy atom. The fraction of sp³-hybridized carbons (Fsp3) is 0.500. The zero-order chi connectivity index (χ0) is 12.0. The van der Waals surface area contributed by atoms with Crippen molar-refractivity contribution in [3.05, 3.63) is 29.6 Å². The van der Waals surface area contributed by atoms with Crippen molar-refractivity contribution in [2.75, 3.05) is 20.4 Å². The van der Waals surface area contributed by atoms with E-state index in [2.05, 4.69) is 5.32 Å². The van der Waals surface area contributed by atoms with E-state index in [1.807, 2.05) is 13.8 Å². The maximum Gasteiger partial charge on any atom is 0.188 e. The third kappa shape index (κ3) is 3.47. The zero-order valence-electron chi connectivity index (χ0n) is 9.92. The van der Waals surface area contributed by atoms with Crippen LogP contribution in [0.1, 0.15) is 25.5 Å². The first-order valence-electron chi connectivity index (χ1n) is 5.33. The van der Waals surface area contributed by atoms with E-state index in [1.165, 1.54) is 12.1 Å². The Balaban J connectivity index is 2.88. The first kappa shape index (κ1) is 12.9. The van der Waals surface area contributed by atoms with Crippen LogP contribution >= 0.6 is 0 Å². The second kappa shape index (κ2) is 6.45. The molecule has 3 nitrogen and oxygen atoms in total. The minimum atomic E-state index is -0.260. The minimum Gasteiger partial charge on any atom is -0.467 e. The van der Waals surface area contributed by atoms with E-state index in [0.29, 0.717) is 5.75 Å². The highest BCUT2D eigenvalue weighted by atomic mass is 19.1. The summed E-state index contributed by atoms with van der Waals surface area (Å²) in [5.41, 5.74) is 0.805. The van der Waals surface area contributed by atoms with Crippen LogP contribution in [-0.2, 0) is 4.74 Å². The molecule has 1 unspecified atom stereocenters. The molecule has 90 valence electrons. The third-order valence-corrected chi connectivity index (χ3v) is 2.28. The SMILES string of the molecule is CCNC(C)c1cc(F)ccc1OCOC. The average Bonchev–Trinajstić information content (AvgIpc) is 2.27. The smallest absolute Gasteiger partial charge is 0.188 e. The van der Waals surface area contributed by atoms with Crippen molar-refractivity contribution >= 4 is 0 Å². The van der Waals surface area contributed by atoms with Gasteiger partial charge in [-0.05, 0) is 31.7 Å². The van der Waals surface area contributed by atoms with Crippen molar-refractivity contribution in [3.8, 4) is 5.75 Å². The summed E-state index contributed by atoms with van der Waals surface area (Å²) in [5, 5.41) is 3.22. The number of nitrogens with one attached hydrogen (secondary N) is 1. The molecule has 1 aromatic carbocycles. The monoisotopic (exact) mass is 227 g/mol. The van der Waals surface area contributed by atoms with Crippen LogP contribution < -0.4 is 10.1 Å². The van der Waals surface area contributed by atoms with Crippen molar-refractivity contribution in [3.63, 3.8) is 0 Å². The Morgan fingerprint density at radius 2 is 2.19 bits per heavy atom. The Bertz CT molecular complexity index is 331. The lowest BCUT2D eigenvalue weighted by atomic mass is 10.1. The molecule has 1 atom stereocenters. The largest absolute Gasteiger partial charge is 0.467 e. The van der Waals surface area contributed by atoms with Gasteiger partial charge in [-0.3, -0.25) is 0 Å². The summed E-state index contributed by atoms with van der Waals surface area (Å²) in [4.78, 5) is 0. The molecule has 1 aromatic rings. The van der Waals surface area contributed by atoms with Gasteiger partial charge in [0.05, 0.1) is 0 Å². The molecule has 1 rings (SSSR count). The first-order valence-corrected chi connectivity index (χ1v) is 5.33. The predicted molar refractivity (Wildman–Crippen MR) is 61.0 cm³/mol. The molecule has 0 heterocycles. The second-order valence-electron chi connectivity index (χ2n) is 3.51. The molecule has 0 spiro atoms. The van der Waals surface area contributed by atoms with E-state index in [1.54, 1.807) is 13.2 Å². The lowest BCUT2D eigenvalue weighted by Gasteiger charge is -2.17. The van der Waals surface area contributed by atoms with Gasteiger partial charge < -0.3 is 14.8 Å². The average molecular weight is 227 g/mol. The topological polar surface area (TPSA) is 30.5 Å². The normalized spacial score (nSPS) is 12.5. The van der Waals surface area contributed by atoms with Crippen LogP contribution in [0.15, 0.2) is 18.2 Å². The van der Waals surface area contributed by atoms with Gasteiger partial charge in [-0.25, -0.2) is 4.39 Å². The van der Waals surface area contributed by atoms with Gasteiger partial charge in [-0.2, -0.15) is 0 Å². The van der Waals surface area contributed by atoms with Gasteiger partial charge in [-0.1, -0.05) is 6.92 Å². The van der Waals surface area contributed by atoms with Gasteiger partial charge in [-0.15, -0.1) is 0 Å². The van der Waals surface area contributed by atoms with Gasteiger partial charge in [0.2, 0.25) is 0 Å². The number of halogens is 1. The molecule has 0 aliphatic rings. The molecular weight excluding hydrogens is 209 g/mol. The fourth-order valence-electron chi connectivity index (χ4n) is 1.53. The molecule has 4 heteroatoms. The van der Waals surface area contributed by atoms with Crippen molar-refractivity contribution < 1.29 is 13.9 Å². The fourth-order valence-corrected chi connectivity index (χ4v) is 1.53. The van der Waals surface area contributed by atoms with Crippen LogP contribution in [0.25, 0.3) is 0 Å². The molecule has 0 aliphatic heterocycles. The van der Waals surface area contributed by atoms with E-state index in [0.717, 1.165) is 12.1 Å². The molecule has 0 saturated carbocycles. The highest BCUT2D eigenvalue weighted by Gasteiger charge is 2.11. The molecule has 0 radical (unpaired) electrons. The van der Waals surface area contributed by atoms with Crippen LogP contribution in [0, 0.1) is 5.82 Å². The van der Waals surface area contributed by atoms with E-state index in [-0.39, 0.29) is 18.7 Å². The Hall–Kier alpha value is -1.13. The van der Waals surface area contributed by atoms with Gasteiger partial charge in [0, 0.05) is 18.7 Å². The second-order valence-corrected chi connectivity index (χ2v) is 3.51. The summed E-state index contributed by atoms with van der Waals surface area (Å²) < 4.78 is 23.4. The summed E-state index contributed by atoms with van der Waals surface area (Å²) in [7, 11) is 1.55. The van der Waals surface area contributed by atoms with Crippen molar-refractivity contribution in [1.29, 1.82) is 0 Å². The summed E-state index contributed by atoms with van der Waals surface area (Å²) >= 11 is 0. The highest BCUT2D eigenvalue weighted by molar-refractivity contribution is 5.36. The molecule has 1 N–H and O–H groups in total. The van der Waals surface area contributed by atoms with Gasteiger partial charge in [0.25, 0.3) is 0 Å². The number of hydrogen-bond donors (Lipinski definition) is 1. The number of rotatable bonds is 6. The zero-order valence-corrected chi connectivity index (χ0v) is 9.92. The Kier molecular flexibility index (Phi) is 5.22. The summed E-state index contributed by atoms with van der Waals surface area (Å²) in [6.07, 6.45) is 0. The minimum absolute atomic E-state index is 0.0487. The number of benzene rings is 1. The van der Waals surface area contributed by atoms with E-state index in [9.17, 15) is 4.39 Å². The van der Waals surface area contributed by atoms with Crippen LogP contribution in [0.3, 0.4) is 0 Å². The standard InChI is InChI=1S/C12H18FNO2/c1-4-14-9(2)11-7-10(13)5-6-12(11)16-8-15-3/h5-7,9,14H,4,8H2,1-3H3. The number of methoxy groups -OCH3 is 1. The first-order chi connectivity index (χ1) is 7.69. The summed E-state index contributed by atoms with van der Waals surface area (Å²) in [5.74, 6) is 0.390. The van der Waals surface area contributed by atoms with Crippen molar-refractivity contribution in [1.82, 2.24) is 5.32 Å². The van der Waals surface area contributed by atoms with Gasteiger partial charge in [0.1, 0.15) is 11.6 Å². The van der Waals surface area contributed by atoms with Crippen LogP contribution in [-0.4, -0.2) is 20.4 Å². The van der Waals surface area contributed by atoms with Crippen molar-refractivity contribution in [2.45, 2.75) is 19.9 Å². The molecule has 0 fully saturated rings. The Morgan fingerprint density at radius 3 is 2.81 bits per heavy atom. The quantitative estimate of drug-likeness (QED) is 0.757. The molecule has 0 aromatic heterocycles. The summed E-state index contributed by atoms with van der Waals surface area (Å²) in [6.45, 7) is 4.96. The van der Waals surface area contributed by atoms with E-state index < -0.39 is 0 Å². The molecular formula is C12H18FNO2. The maximum absolute atomic E-state index is 13.2. The highest BCUT2D eigenvalue weighted by Crippen LogP contribution is 2.26. The summed E-state index contributed by atoms with van der Waals surface area (Å²) in [6, 6.07) is 4.54.